The lowest BCUT2D eigenvalue weighted by Crippen LogP contribution is -2.07. The van der Waals surface area contributed by atoms with Crippen molar-refractivity contribution in [3.8, 4) is 0 Å². The smallest absolute Gasteiger partial charge is 0.0533 e. The average molecular weight is 256 g/mol. The van der Waals surface area contributed by atoms with E-state index in [1.165, 1.54) is 26.9 Å². The zero-order valence-electron chi connectivity index (χ0n) is 10.6. The summed E-state index contributed by atoms with van der Waals surface area (Å²) in [5.41, 5.74) is 2.62. The third-order valence-corrected chi connectivity index (χ3v) is 4.02. The van der Waals surface area contributed by atoms with Gasteiger partial charge in [0, 0.05) is 34.1 Å². The summed E-state index contributed by atoms with van der Waals surface area (Å²) in [4.78, 5) is 1.29. The number of hydrogen-bond donors (Lipinski definition) is 1. The maximum absolute atomic E-state index is 3.26. The van der Waals surface area contributed by atoms with Crippen molar-refractivity contribution in [1.29, 1.82) is 0 Å². The minimum atomic E-state index is 0.881. The van der Waals surface area contributed by atoms with Gasteiger partial charge in [0.05, 0.1) is 5.52 Å². The second-order valence-corrected chi connectivity index (χ2v) is 5.23. The van der Waals surface area contributed by atoms with Gasteiger partial charge in [0.1, 0.15) is 0 Å². The molecule has 1 aromatic carbocycles. The minimum absolute atomic E-state index is 0.881. The van der Waals surface area contributed by atoms with Crippen LogP contribution in [0, 0.1) is 0 Å². The first-order chi connectivity index (χ1) is 8.85. The Bertz CT molecular complexity index is 700. The lowest BCUT2D eigenvalue weighted by atomic mass is 10.1. The van der Waals surface area contributed by atoms with Gasteiger partial charge in [0.25, 0.3) is 0 Å². The van der Waals surface area contributed by atoms with E-state index in [4.69, 9.17) is 0 Å². The third-order valence-electron chi connectivity index (χ3n) is 3.31. The summed E-state index contributed by atoms with van der Waals surface area (Å²) in [5.74, 6) is 0. The summed E-state index contributed by atoms with van der Waals surface area (Å²) in [6.45, 7) is 0.881. The van der Waals surface area contributed by atoms with Crippen molar-refractivity contribution in [2.24, 2.45) is 0 Å². The molecule has 0 aliphatic carbocycles. The number of fused-ring (bicyclic) bond motifs is 3. The van der Waals surface area contributed by atoms with Crippen LogP contribution in [-0.4, -0.2) is 17.7 Å². The fourth-order valence-corrected chi connectivity index (χ4v) is 2.90. The van der Waals surface area contributed by atoms with Crippen molar-refractivity contribution in [3.63, 3.8) is 0 Å². The van der Waals surface area contributed by atoms with Crippen molar-refractivity contribution >= 4 is 28.1 Å². The van der Waals surface area contributed by atoms with Gasteiger partial charge in [-0.1, -0.05) is 24.3 Å². The number of aromatic nitrogens is 1. The number of thioether (sulfide) groups is 1. The topological polar surface area (TPSA) is 16.4 Å². The molecule has 0 unspecified atom stereocenters. The van der Waals surface area contributed by atoms with Crippen LogP contribution in [0.3, 0.4) is 0 Å². The van der Waals surface area contributed by atoms with Crippen LogP contribution in [0.5, 0.6) is 0 Å². The van der Waals surface area contributed by atoms with E-state index in [9.17, 15) is 0 Å². The Kier molecular flexibility index (Phi) is 3.02. The summed E-state index contributed by atoms with van der Waals surface area (Å²) < 4.78 is 2.31. The highest BCUT2D eigenvalue weighted by atomic mass is 32.2. The molecule has 3 aromatic rings. The second-order valence-electron chi connectivity index (χ2n) is 4.35. The predicted octanol–water partition coefficient (Wildman–Crippen LogP) is 3.53. The van der Waals surface area contributed by atoms with E-state index in [2.05, 4.69) is 58.6 Å². The molecule has 0 saturated carbocycles. The van der Waals surface area contributed by atoms with Gasteiger partial charge in [-0.3, -0.25) is 0 Å². The highest BCUT2D eigenvalue weighted by Gasteiger charge is 2.10. The Balaban J connectivity index is 2.42. The van der Waals surface area contributed by atoms with Gasteiger partial charge < -0.3 is 9.72 Å². The van der Waals surface area contributed by atoms with Crippen LogP contribution in [0.15, 0.2) is 47.5 Å². The molecule has 0 bridgehead atoms. The van der Waals surface area contributed by atoms with Crippen LogP contribution in [0.2, 0.25) is 0 Å². The van der Waals surface area contributed by atoms with Crippen LogP contribution in [0.1, 0.15) is 5.69 Å². The zero-order chi connectivity index (χ0) is 12.5. The van der Waals surface area contributed by atoms with Crippen molar-refractivity contribution in [1.82, 2.24) is 9.72 Å². The Labute approximate surface area is 111 Å². The van der Waals surface area contributed by atoms with Gasteiger partial charge in [-0.25, -0.2) is 0 Å². The molecule has 0 aliphatic rings. The van der Waals surface area contributed by atoms with E-state index in [0.29, 0.717) is 0 Å². The molecule has 0 fully saturated rings. The minimum Gasteiger partial charge on any atom is -0.317 e. The molecule has 0 radical (unpaired) electrons. The average Bonchev–Trinajstić information content (AvgIpc) is 2.73. The molecule has 0 atom stereocenters. The third kappa shape index (κ3) is 1.71. The number of hydrogen-bond acceptors (Lipinski definition) is 2. The van der Waals surface area contributed by atoms with Gasteiger partial charge in [-0.2, -0.15) is 0 Å². The first-order valence-electron chi connectivity index (χ1n) is 6.05. The van der Waals surface area contributed by atoms with Crippen LogP contribution >= 0.6 is 11.8 Å². The Morgan fingerprint density at radius 1 is 1.11 bits per heavy atom. The van der Waals surface area contributed by atoms with Gasteiger partial charge in [0.15, 0.2) is 0 Å². The van der Waals surface area contributed by atoms with Gasteiger partial charge in [0.2, 0.25) is 0 Å². The Morgan fingerprint density at radius 3 is 2.61 bits per heavy atom. The van der Waals surface area contributed by atoms with Crippen LogP contribution in [0.4, 0.5) is 0 Å². The molecule has 3 rings (SSSR count). The zero-order valence-corrected chi connectivity index (χ0v) is 11.4. The largest absolute Gasteiger partial charge is 0.317 e. The highest BCUT2D eigenvalue weighted by Crippen LogP contribution is 2.28. The Hall–Kier alpha value is -1.45. The van der Waals surface area contributed by atoms with Gasteiger partial charge in [-0.15, -0.1) is 11.8 Å². The molecular weight excluding hydrogens is 240 g/mol. The summed E-state index contributed by atoms with van der Waals surface area (Å²) in [6.07, 6.45) is 4.34. The molecule has 1 N–H and O–H groups in total. The van der Waals surface area contributed by atoms with Crippen molar-refractivity contribution < 1.29 is 0 Å². The molecule has 92 valence electrons. The van der Waals surface area contributed by atoms with Crippen molar-refractivity contribution in [3.05, 3.63) is 48.3 Å². The summed E-state index contributed by atoms with van der Waals surface area (Å²) in [5, 5.41) is 5.93. The molecule has 0 spiro atoms. The first-order valence-corrected chi connectivity index (χ1v) is 7.28. The van der Waals surface area contributed by atoms with Crippen molar-refractivity contribution in [2.45, 2.75) is 11.4 Å². The summed E-state index contributed by atoms with van der Waals surface area (Å²) >= 11 is 1.78. The molecular formula is C15H16N2S. The number of nitrogens with one attached hydrogen (secondary N) is 1. The molecule has 0 amide bonds. The van der Waals surface area contributed by atoms with Gasteiger partial charge >= 0.3 is 0 Å². The lowest BCUT2D eigenvalue weighted by Gasteiger charge is -2.04. The molecule has 2 aromatic heterocycles. The molecule has 18 heavy (non-hydrogen) atoms. The molecule has 2 heterocycles. The van der Waals surface area contributed by atoms with Crippen molar-refractivity contribution in [2.75, 3.05) is 13.3 Å². The molecule has 0 aliphatic heterocycles. The number of nitrogens with zero attached hydrogens (tertiary/aromatic N) is 1. The van der Waals surface area contributed by atoms with E-state index in [-0.39, 0.29) is 0 Å². The Morgan fingerprint density at radius 2 is 1.89 bits per heavy atom. The summed E-state index contributed by atoms with van der Waals surface area (Å²) in [6, 6.07) is 13.0. The lowest BCUT2D eigenvalue weighted by molar-refractivity contribution is 0.786. The number of rotatable bonds is 3. The quantitative estimate of drug-likeness (QED) is 0.722. The standard InChI is InChI=1S/C15H16N2S/c1-16-9-15-13-6-4-3-5-12(13)14-8-7-11(18-2)10-17(14)15/h3-8,10,16H,9H2,1-2H3. The number of benzene rings is 1. The molecule has 3 heteroatoms. The first kappa shape index (κ1) is 11.6. The van der Waals surface area contributed by atoms with Crippen LogP contribution < -0.4 is 5.32 Å². The van der Waals surface area contributed by atoms with Crippen LogP contribution in [-0.2, 0) is 6.54 Å². The van der Waals surface area contributed by atoms with E-state index in [1.54, 1.807) is 11.8 Å². The van der Waals surface area contributed by atoms with Crippen LogP contribution in [0.25, 0.3) is 16.3 Å². The van der Waals surface area contributed by atoms with E-state index >= 15 is 0 Å². The fourth-order valence-electron chi connectivity index (χ4n) is 2.48. The van der Waals surface area contributed by atoms with E-state index in [1.807, 2.05) is 7.05 Å². The maximum atomic E-state index is 3.26. The van der Waals surface area contributed by atoms with Gasteiger partial charge in [-0.05, 0) is 25.4 Å². The molecule has 2 nitrogen and oxygen atoms in total. The van der Waals surface area contributed by atoms with E-state index < -0.39 is 0 Å². The van der Waals surface area contributed by atoms with E-state index in [0.717, 1.165) is 6.54 Å². The highest BCUT2D eigenvalue weighted by molar-refractivity contribution is 7.98. The normalized spacial score (nSPS) is 11.4. The predicted molar refractivity (Wildman–Crippen MR) is 79.4 cm³/mol. The summed E-state index contributed by atoms with van der Waals surface area (Å²) in [7, 11) is 1.99. The maximum Gasteiger partial charge on any atom is 0.0533 e. The SMILES string of the molecule is CNCc1c2ccccc2c2ccc(SC)cn12. The monoisotopic (exact) mass is 256 g/mol. The number of pyridine rings is 1. The fraction of sp³-hybridized carbons (Fsp3) is 0.200. The molecule has 0 saturated heterocycles. The second kappa shape index (κ2) is 4.67.